The van der Waals surface area contributed by atoms with Crippen LogP contribution in [0.3, 0.4) is 0 Å². The predicted molar refractivity (Wildman–Crippen MR) is 81.2 cm³/mol. The van der Waals surface area contributed by atoms with Gasteiger partial charge in [0.2, 0.25) is 0 Å². The molecule has 0 amide bonds. The van der Waals surface area contributed by atoms with Crippen molar-refractivity contribution in [3.8, 4) is 17.6 Å². The van der Waals surface area contributed by atoms with Crippen molar-refractivity contribution in [1.82, 2.24) is 0 Å². The van der Waals surface area contributed by atoms with E-state index in [1.54, 1.807) is 25.3 Å². The van der Waals surface area contributed by atoms with Crippen LogP contribution in [0, 0.1) is 11.3 Å². The Labute approximate surface area is 130 Å². The topological polar surface area (TPSA) is 42.2 Å². The third-order valence-corrected chi connectivity index (χ3v) is 3.77. The number of nitrogens with zero attached hydrogens (tertiary/aromatic N) is 1. The molecule has 0 atom stereocenters. The van der Waals surface area contributed by atoms with Gasteiger partial charge < -0.3 is 9.47 Å². The number of benzene rings is 2. The van der Waals surface area contributed by atoms with E-state index in [-0.39, 0.29) is 0 Å². The van der Waals surface area contributed by atoms with Gasteiger partial charge in [0.1, 0.15) is 18.1 Å². The predicted octanol–water partition coefficient (Wildman–Crippen LogP) is 4.56. The lowest BCUT2D eigenvalue weighted by Crippen LogP contribution is -1.98. The number of halogens is 2. The van der Waals surface area contributed by atoms with Gasteiger partial charge in [0.25, 0.3) is 0 Å². The van der Waals surface area contributed by atoms with Crippen LogP contribution < -0.4 is 9.47 Å². The standard InChI is InChI=1S/C15H11BrClNO2/c1-19-12-3-4-13(16)11(7-12)9-20-15-5-2-10(8-18)6-14(15)17/h2-7H,9H2,1H3. The van der Waals surface area contributed by atoms with Gasteiger partial charge in [-0.1, -0.05) is 27.5 Å². The number of nitriles is 1. The normalized spacial score (nSPS) is 9.90. The van der Waals surface area contributed by atoms with E-state index < -0.39 is 0 Å². The minimum atomic E-state index is 0.351. The van der Waals surface area contributed by atoms with E-state index in [0.717, 1.165) is 15.8 Å². The highest BCUT2D eigenvalue weighted by molar-refractivity contribution is 9.10. The zero-order valence-corrected chi connectivity index (χ0v) is 13.0. The molecule has 0 fully saturated rings. The molecule has 0 saturated carbocycles. The zero-order valence-electron chi connectivity index (χ0n) is 10.7. The van der Waals surface area contributed by atoms with Crippen LogP contribution in [0.25, 0.3) is 0 Å². The highest BCUT2D eigenvalue weighted by atomic mass is 79.9. The summed E-state index contributed by atoms with van der Waals surface area (Å²) < 4.78 is 11.8. The van der Waals surface area contributed by atoms with E-state index >= 15 is 0 Å². The summed E-state index contributed by atoms with van der Waals surface area (Å²) in [5.74, 6) is 1.30. The third-order valence-electron chi connectivity index (χ3n) is 2.70. The molecule has 2 aromatic carbocycles. The number of hydrogen-bond acceptors (Lipinski definition) is 3. The van der Waals surface area contributed by atoms with Crippen molar-refractivity contribution in [2.45, 2.75) is 6.61 Å². The summed E-state index contributed by atoms with van der Waals surface area (Å²) in [5, 5.41) is 9.20. The van der Waals surface area contributed by atoms with Gasteiger partial charge in [-0.05, 0) is 36.4 Å². The Morgan fingerprint density at radius 1 is 1.25 bits per heavy atom. The molecule has 3 nitrogen and oxygen atoms in total. The molecule has 0 aliphatic rings. The lowest BCUT2D eigenvalue weighted by atomic mass is 10.2. The van der Waals surface area contributed by atoms with Gasteiger partial charge in [-0.15, -0.1) is 0 Å². The lowest BCUT2D eigenvalue weighted by Gasteiger charge is -2.10. The maximum Gasteiger partial charge on any atom is 0.138 e. The first kappa shape index (κ1) is 14.7. The molecule has 0 radical (unpaired) electrons. The summed E-state index contributed by atoms with van der Waals surface area (Å²) in [5.41, 5.74) is 1.45. The minimum Gasteiger partial charge on any atom is -0.497 e. The van der Waals surface area contributed by atoms with Gasteiger partial charge in [-0.2, -0.15) is 5.26 Å². The second-order valence-corrected chi connectivity index (χ2v) is 5.26. The Kier molecular flexibility index (Phi) is 4.89. The molecule has 0 aliphatic carbocycles. The van der Waals surface area contributed by atoms with Gasteiger partial charge in [0, 0.05) is 10.0 Å². The molecule has 0 spiro atoms. The summed E-state index contributed by atoms with van der Waals surface area (Å²) in [7, 11) is 1.62. The fourth-order valence-corrected chi connectivity index (χ4v) is 2.23. The molecule has 0 heterocycles. The average Bonchev–Trinajstić information content (AvgIpc) is 2.47. The highest BCUT2D eigenvalue weighted by Gasteiger charge is 2.06. The van der Waals surface area contributed by atoms with E-state index in [0.29, 0.717) is 22.9 Å². The smallest absolute Gasteiger partial charge is 0.138 e. The van der Waals surface area contributed by atoms with Crippen LogP contribution >= 0.6 is 27.5 Å². The van der Waals surface area contributed by atoms with Crippen molar-refractivity contribution in [1.29, 1.82) is 5.26 Å². The highest BCUT2D eigenvalue weighted by Crippen LogP contribution is 2.28. The summed E-state index contributed by atoms with van der Waals surface area (Å²) in [6.45, 7) is 0.351. The number of ether oxygens (including phenoxy) is 2. The largest absolute Gasteiger partial charge is 0.497 e. The second kappa shape index (κ2) is 6.65. The van der Waals surface area contributed by atoms with Crippen LogP contribution in [-0.2, 0) is 6.61 Å². The Morgan fingerprint density at radius 3 is 2.70 bits per heavy atom. The van der Waals surface area contributed by atoms with Crippen molar-refractivity contribution in [3.05, 3.63) is 57.0 Å². The Morgan fingerprint density at radius 2 is 2.05 bits per heavy atom. The first-order valence-electron chi connectivity index (χ1n) is 5.79. The number of rotatable bonds is 4. The van der Waals surface area contributed by atoms with Crippen LogP contribution in [0.4, 0.5) is 0 Å². The molecule has 102 valence electrons. The van der Waals surface area contributed by atoms with Crippen molar-refractivity contribution < 1.29 is 9.47 Å². The molecule has 0 aliphatic heterocycles. The molecule has 0 aromatic heterocycles. The van der Waals surface area contributed by atoms with Crippen LogP contribution in [0.1, 0.15) is 11.1 Å². The Balaban J connectivity index is 2.15. The maximum absolute atomic E-state index is 8.79. The molecule has 0 bridgehead atoms. The molecular formula is C15H11BrClNO2. The fraction of sp³-hybridized carbons (Fsp3) is 0.133. The number of hydrogen-bond donors (Lipinski definition) is 0. The SMILES string of the molecule is COc1ccc(Br)c(COc2ccc(C#N)cc2Cl)c1. The lowest BCUT2D eigenvalue weighted by molar-refractivity contribution is 0.304. The number of methoxy groups -OCH3 is 1. The Hall–Kier alpha value is -1.70. The first-order chi connectivity index (χ1) is 9.63. The second-order valence-electron chi connectivity index (χ2n) is 4.00. The van der Waals surface area contributed by atoms with Crippen molar-refractivity contribution in [2.75, 3.05) is 7.11 Å². The van der Waals surface area contributed by atoms with Crippen molar-refractivity contribution in [3.63, 3.8) is 0 Å². The quantitative estimate of drug-likeness (QED) is 0.810. The van der Waals surface area contributed by atoms with E-state index in [4.69, 9.17) is 26.3 Å². The summed E-state index contributed by atoms with van der Waals surface area (Å²) in [6.07, 6.45) is 0. The van der Waals surface area contributed by atoms with Gasteiger partial charge in [-0.25, -0.2) is 0 Å². The van der Waals surface area contributed by atoms with E-state index in [1.165, 1.54) is 0 Å². The summed E-state index contributed by atoms with van der Waals surface area (Å²) in [6, 6.07) is 12.6. The van der Waals surface area contributed by atoms with Crippen LogP contribution in [-0.4, -0.2) is 7.11 Å². The molecule has 20 heavy (non-hydrogen) atoms. The fourth-order valence-electron chi connectivity index (χ4n) is 1.63. The molecule has 0 saturated heterocycles. The molecule has 0 unspecified atom stereocenters. The van der Waals surface area contributed by atoms with Crippen molar-refractivity contribution in [2.24, 2.45) is 0 Å². The van der Waals surface area contributed by atoms with Gasteiger partial charge >= 0.3 is 0 Å². The van der Waals surface area contributed by atoms with E-state index in [1.807, 2.05) is 24.3 Å². The average molecular weight is 353 g/mol. The van der Waals surface area contributed by atoms with Gasteiger partial charge in [-0.3, -0.25) is 0 Å². The molecule has 5 heteroatoms. The molecule has 2 rings (SSSR count). The zero-order chi connectivity index (χ0) is 14.5. The summed E-state index contributed by atoms with van der Waals surface area (Å²) in [4.78, 5) is 0. The minimum absolute atomic E-state index is 0.351. The summed E-state index contributed by atoms with van der Waals surface area (Å²) >= 11 is 9.52. The van der Waals surface area contributed by atoms with E-state index in [2.05, 4.69) is 15.9 Å². The van der Waals surface area contributed by atoms with Crippen LogP contribution in [0.5, 0.6) is 11.5 Å². The monoisotopic (exact) mass is 351 g/mol. The van der Waals surface area contributed by atoms with Gasteiger partial charge in [0.05, 0.1) is 23.8 Å². The molecular weight excluding hydrogens is 342 g/mol. The maximum atomic E-state index is 8.79. The third kappa shape index (κ3) is 3.44. The van der Waals surface area contributed by atoms with E-state index in [9.17, 15) is 0 Å². The van der Waals surface area contributed by atoms with Crippen molar-refractivity contribution >= 4 is 27.5 Å². The van der Waals surface area contributed by atoms with Crippen LogP contribution in [0.2, 0.25) is 5.02 Å². The molecule has 2 aromatic rings. The Bertz CT molecular complexity index is 667. The van der Waals surface area contributed by atoms with Gasteiger partial charge in [0.15, 0.2) is 0 Å². The molecule has 0 N–H and O–H groups in total. The first-order valence-corrected chi connectivity index (χ1v) is 6.96. The van der Waals surface area contributed by atoms with Crippen LogP contribution in [0.15, 0.2) is 40.9 Å².